The summed E-state index contributed by atoms with van der Waals surface area (Å²) in [5.41, 5.74) is 15.3. The molecule has 0 saturated carbocycles. The minimum absolute atomic E-state index is 1.09. The van der Waals surface area contributed by atoms with Crippen LogP contribution in [0, 0.1) is 0 Å². The van der Waals surface area contributed by atoms with Crippen molar-refractivity contribution in [3.05, 3.63) is 249 Å². The normalized spacial score (nSPS) is 11.4. The van der Waals surface area contributed by atoms with Crippen LogP contribution in [0.1, 0.15) is 0 Å². The van der Waals surface area contributed by atoms with Crippen LogP contribution in [0.4, 0.5) is 17.1 Å². The molecule has 0 saturated heterocycles. The molecule has 0 atom stereocenters. The van der Waals surface area contributed by atoms with Gasteiger partial charge in [0.05, 0.1) is 5.69 Å². The van der Waals surface area contributed by atoms with Crippen molar-refractivity contribution in [1.82, 2.24) is 0 Å². The summed E-state index contributed by atoms with van der Waals surface area (Å²) in [5.74, 6) is 0. The van der Waals surface area contributed by atoms with Crippen LogP contribution in [0.25, 0.3) is 97.4 Å². The Kier molecular flexibility index (Phi) is 9.43. The monoisotopic (exact) mass is 831 g/mol. The van der Waals surface area contributed by atoms with Crippen LogP contribution in [-0.4, -0.2) is 0 Å². The van der Waals surface area contributed by atoms with Gasteiger partial charge in [0.15, 0.2) is 0 Å². The second-order valence-corrected chi connectivity index (χ2v) is 17.5. The number of anilines is 3. The van der Waals surface area contributed by atoms with Crippen LogP contribution in [0.2, 0.25) is 0 Å². The molecule has 1 aromatic heterocycles. The Morgan fingerprint density at radius 2 is 0.734 bits per heavy atom. The van der Waals surface area contributed by atoms with Crippen molar-refractivity contribution in [3.8, 4) is 55.6 Å². The van der Waals surface area contributed by atoms with Crippen molar-refractivity contribution in [1.29, 1.82) is 0 Å². The van der Waals surface area contributed by atoms with Gasteiger partial charge in [0.25, 0.3) is 0 Å². The highest BCUT2D eigenvalue weighted by molar-refractivity contribution is 7.25. The standard InChI is InChI=1S/C62H41NS/c1-2-16-43(17-3-1)49-19-6-7-21-51(49)53-23-9-10-24-54(53)56-26-12-14-28-60(56)63(47-35-30-42(31-36-47)45-34-39-62-59(40-45)57-27-13-15-29-61(57)64-62)48-37-32-44(33-38-48)58-41-46-18-4-5-20-50(46)52-22-8-11-25-55(52)58/h1-41H. The van der Waals surface area contributed by atoms with Crippen molar-refractivity contribution in [2.45, 2.75) is 0 Å². The molecule has 0 bridgehead atoms. The average Bonchev–Trinajstić information content (AvgIpc) is 3.75. The molecule has 0 aliphatic carbocycles. The molecule has 12 aromatic rings. The molecule has 11 aromatic carbocycles. The van der Waals surface area contributed by atoms with Gasteiger partial charge in [0.1, 0.15) is 0 Å². The van der Waals surface area contributed by atoms with E-state index in [1.165, 1.54) is 91.8 Å². The lowest BCUT2D eigenvalue weighted by atomic mass is 9.88. The average molecular weight is 832 g/mol. The minimum atomic E-state index is 1.09. The molecule has 0 aliphatic heterocycles. The SMILES string of the molecule is c1ccc(-c2ccccc2-c2ccccc2-c2ccccc2N(c2ccc(-c3ccc4sc5ccccc5c4c3)cc2)c2ccc(-c3cc4ccccc4c4ccccc34)cc2)cc1. The summed E-state index contributed by atoms with van der Waals surface area (Å²) in [5, 5.41) is 7.68. The molecule has 0 aliphatic rings. The zero-order valence-electron chi connectivity index (χ0n) is 35.0. The maximum Gasteiger partial charge on any atom is 0.0540 e. The largest absolute Gasteiger partial charge is 0.310 e. The fourth-order valence-corrected chi connectivity index (χ4v) is 10.7. The van der Waals surface area contributed by atoms with Gasteiger partial charge in [-0.2, -0.15) is 0 Å². The van der Waals surface area contributed by atoms with Gasteiger partial charge in [-0.05, 0) is 126 Å². The fraction of sp³-hybridized carbons (Fsp3) is 0. The van der Waals surface area contributed by atoms with Gasteiger partial charge < -0.3 is 4.90 Å². The Balaban J connectivity index is 1.01. The number of para-hydroxylation sites is 1. The lowest BCUT2D eigenvalue weighted by Gasteiger charge is -2.29. The van der Waals surface area contributed by atoms with E-state index in [0.29, 0.717) is 0 Å². The van der Waals surface area contributed by atoms with Gasteiger partial charge in [-0.15, -0.1) is 11.3 Å². The lowest BCUT2D eigenvalue weighted by Crippen LogP contribution is -2.11. The molecule has 0 unspecified atom stereocenters. The minimum Gasteiger partial charge on any atom is -0.310 e. The van der Waals surface area contributed by atoms with Crippen molar-refractivity contribution in [2.75, 3.05) is 4.90 Å². The van der Waals surface area contributed by atoms with E-state index in [1.807, 2.05) is 11.3 Å². The zero-order valence-corrected chi connectivity index (χ0v) is 35.8. The maximum atomic E-state index is 2.43. The Morgan fingerprint density at radius 1 is 0.250 bits per heavy atom. The van der Waals surface area contributed by atoms with E-state index in [9.17, 15) is 0 Å². The molecule has 0 fully saturated rings. The lowest BCUT2D eigenvalue weighted by molar-refractivity contribution is 1.28. The molecule has 2 heteroatoms. The summed E-state index contributed by atoms with van der Waals surface area (Å²) in [4.78, 5) is 2.43. The predicted octanol–water partition coefficient (Wildman–Crippen LogP) is 18.2. The summed E-state index contributed by atoms with van der Waals surface area (Å²) in [7, 11) is 0. The molecule has 1 heterocycles. The number of rotatable bonds is 8. The molecule has 0 N–H and O–H groups in total. The molecule has 0 amide bonds. The van der Waals surface area contributed by atoms with E-state index in [0.717, 1.165) is 22.6 Å². The van der Waals surface area contributed by atoms with Crippen molar-refractivity contribution in [3.63, 3.8) is 0 Å². The van der Waals surface area contributed by atoms with Crippen LogP contribution in [0.3, 0.4) is 0 Å². The fourth-order valence-electron chi connectivity index (χ4n) is 9.66. The first-order valence-corrected chi connectivity index (χ1v) is 22.7. The van der Waals surface area contributed by atoms with Crippen molar-refractivity contribution < 1.29 is 0 Å². The van der Waals surface area contributed by atoms with Gasteiger partial charge in [-0.25, -0.2) is 0 Å². The van der Waals surface area contributed by atoms with Gasteiger partial charge in [0.2, 0.25) is 0 Å². The van der Waals surface area contributed by atoms with Crippen LogP contribution >= 0.6 is 11.3 Å². The highest BCUT2D eigenvalue weighted by Crippen LogP contribution is 2.46. The van der Waals surface area contributed by atoms with Gasteiger partial charge in [0, 0.05) is 37.1 Å². The molecule has 12 rings (SSSR count). The van der Waals surface area contributed by atoms with E-state index in [2.05, 4.69) is 254 Å². The molecule has 0 spiro atoms. The zero-order chi connectivity index (χ0) is 42.4. The van der Waals surface area contributed by atoms with E-state index >= 15 is 0 Å². The molecule has 300 valence electrons. The Bertz CT molecular complexity index is 3660. The van der Waals surface area contributed by atoms with E-state index < -0.39 is 0 Å². The van der Waals surface area contributed by atoms with Crippen molar-refractivity contribution in [2.24, 2.45) is 0 Å². The maximum absolute atomic E-state index is 2.43. The molecule has 1 nitrogen and oxygen atoms in total. The quantitative estimate of drug-likeness (QED) is 0.138. The summed E-state index contributed by atoms with van der Waals surface area (Å²) in [6.45, 7) is 0. The second-order valence-electron chi connectivity index (χ2n) is 16.4. The second kappa shape index (κ2) is 16.0. The first-order valence-electron chi connectivity index (χ1n) is 21.9. The van der Waals surface area contributed by atoms with E-state index in [-0.39, 0.29) is 0 Å². The van der Waals surface area contributed by atoms with Crippen LogP contribution in [0.5, 0.6) is 0 Å². The third-order valence-electron chi connectivity index (χ3n) is 12.7. The third-order valence-corrected chi connectivity index (χ3v) is 13.9. The Morgan fingerprint density at radius 3 is 1.47 bits per heavy atom. The number of fused-ring (bicyclic) bond motifs is 6. The summed E-state index contributed by atoms with van der Waals surface area (Å²) in [6, 6.07) is 91.0. The molecular weight excluding hydrogens is 791 g/mol. The summed E-state index contributed by atoms with van der Waals surface area (Å²) in [6.07, 6.45) is 0. The number of hydrogen-bond acceptors (Lipinski definition) is 2. The van der Waals surface area contributed by atoms with E-state index in [4.69, 9.17) is 0 Å². The number of benzene rings is 11. The highest BCUT2D eigenvalue weighted by atomic mass is 32.1. The number of hydrogen-bond donors (Lipinski definition) is 0. The Labute approximate surface area is 377 Å². The summed E-state index contributed by atoms with van der Waals surface area (Å²) >= 11 is 1.86. The number of thiophene rings is 1. The third kappa shape index (κ3) is 6.64. The summed E-state index contributed by atoms with van der Waals surface area (Å²) < 4.78 is 2.64. The van der Waals surface area contributed by atoms with E-state index in [1.54, 1.807) is 0 Å². The first kappa shape index (κ1) is 37.7. The topological polar surface area (TPSA) is 3.24 Å². The number of nitrogens with zero attached hydrogens (tertiary/aromatic N) is 1. The molecular formula is C62H41NS. The van der Waals surface area contributed by atoms with Gasteiger partial charge in [-0.1, -0.05) is 194 Å². The molecule has 64 heavy (non-hydrogen) atoms. The van der Waals surface area contributed by atoms with Crippen LogP contribution in [-0.2, 0) is 0 Å². The first-order chi connectivity index (χ1) is 31.7. The van der Waals surface area contributed by atoms with Crippen LogP contribution in [0.15, 0.2) is 249 Å². The van der Waals surface area contributed by atoms with Gasteiger partial charge in [-0.3, -0.25) is 0 Å². The van der Waals surface area contributed by atoms with Crippen molar-refractivity contribution >= 4 is 70.1 Å². The van der Waals surface area contributed by atoms with Gasteiger partial charge >= 0.3 is 0 Å². The highest BCUT2D eigenvalue weighted by Gasteiger charge is 2.21. The van der Waals surface area contributed by atoms with Crippen LogP contribution < -0.4 is 4.90 Å². The predicted molar refractivity (Wildman–Crippen MR) is 276 cm³/mol. The Hall–Kier alpha value is -8.04. The smallest absolute Gasteiger partial charge is 0.0540 e. The molecule has 0 radical (unpaired) electrons.